The Kier molecular flexibility index (Phi) is 5.91. The molecule has 0 amide bonds. The van der Waals surface area contributed by atoms with Crippen molar-refractivity contribution < 1.29 is 22.4 Å². The number of anilines is 1. The van der Waals surface area contributed by atoms with Crippen molar-refractivity contribution in [3.05, 3.63) is 51.2 Å². The maximum absolute atomic E-state index is 12.6. The van der Waals surface area contributed by atoms with Gasteiger partial charge in [0, 0.05) is 24.7 Å². The Bertz CT molecular complexity index is 1160. The number of hydrogen-bond donors (Lipinski definition) is 0. The Hall–Kier alpha value is -2.99. The molecule has 0 unspecified atom stereocenters. The second-order valence-electron chi connectivity index (χ2n) is 7.36. The third-order valence-electron chi connectivity index (χ3n) is 5.09. The van der Waals surface area contributed by atoms with Gasteiger partial charge in [-0.1, -0.05) is 16.8 Å². The minimum atomic E-state index is -4.40. The van der Waals surface area contributed by atoms with Crippen molar-refractivity contribution in [3.63, 3.8) is 0 Å². The van der Waals surface area contributed by atoms with Gasteiger partial charge < -0.3 is 14.2 Å². The Morgan fingerprint density at radius 2 is 2.06 bits per heavy atom. The van der Waals surface area contributed by atoms with Crippen LogP contribution in [0.5, 0.6) is 0 Å². The minimum Gasteiger partial charge on any atom is -0.365 e. The van der Waals surface area contributed by atoms with Gasteiger partial charge in [0.05, 0.1) is 24.5 Å². The van der Waals surface area contributed by atoms with Gasteiger partial charge in [-0.2, -0.15) is 18.3 Å². The molecule has 32 heavy (non-hydrogen) atoms. The van der Waals surface area contributed by atoms with Crippen LogP contribution in [0, 0.1) is 6.92 Å². The van der Waals surface area contributed by atoms with Crippen molar-refractivity contribution in [2.24, 2.45) is 0 Å². The van der Waals surface area contributed by atoms with Gasteiger partial charge in [-0.15, -0.1) is 10.2 Å². The average molecular weight is 471 g/mol. The van der Waals surface area contributed by atoms with E-state index in [0.717, 1.165) is 6.92 Å². The summed E-state index contributed by atoms with van der Waals surface area (Å²) in [5.41, 5.74) is 1.60. The van der Waals surface area contributed by atoms with Gasteiger partial charge in [0.25, 0.3) is 5.56 Å². The maximum atomic E-state index is 12.6. The van der Waals surface area contributed by atoms with Gasteiger partial charge in [0.15, 0.2) is 11.3 Å². The molecule has 3 aromatic heterocycles. The third kappa shape index (κ3) is 4.60. The normalized spacial score (nSPS) is 15.6. The smallest absolute Gasteiger partial charge is 0.365 e. The van der Waals surface area contributed by atoms with Crippen LogP contribution < -0.4 is 10.5 Å². The Morgan fingerprint density at radius 3 is 2.69 bits per heavy atom. The van der Waals surface area contributed by atoms with Crippen LogP contribution >= 0.6 is 11.6 Å². The van der Waals surface area contributed by atoms with Crippen molar-refractivity contribution in [2.45, 2.75) is 38.8 Å². The molecule has 0 N–H and O–H groups in total. The molecule has 4 heterocycles. The van der Waals surface area contributed by atoms with Gasteiger partial charge >= 0.3 is 6.18 Å². The summed E-state index contributed by atoms with van der Waals surface area (Å²) in [6, 6.07) is 4.58. The predicted molar refractivity (Wildman–Crippen MR) is 107 cm³/mol. The summed E-state index contributed by atoms with van der Waals surface area (Å²) in [6.45, 7) is 3.26. The van der Waals surface area contributed by atoms with Gasteiger partial charge in [0.2, 0.25) is 0 Å². The summed E-state index contributed by atoms with van der Waals surface area (Å²) in [4.78, 5) is 14.3. The molecule has 1 aliphatic rings. The highest BCUT2D eigenvalue weighted by Crippen LogP contribution is 2.28. The van der Waals surface area contributed by atoms with Crippen LogP contribution in [0.2, 0.25) is 5.15 Å². The van der Waals surface area contributed by atoms with Crippen molar-refractivity contribution in [3.8, 4) is 11.4 Å². The molecule has 0 spiro atoms. The molecule has 1 fully saturated rings. The van der Waals surface area contributed by atoms with E-state index in [2.05, 4.69) is 20.5 Å². The lowest BCUT2D eigenvalue weighted by Gasteiger charge is -2.41. The zero-order valence-electron chi connectivity index (χ0n) is 17.0. The van der Waals surface area contributed by atoms with E-state index in [1.165, 1.54) is 16.9 Å². The number of alkyl halides is 3. The highest BCUT2D eigenvalue weighted by Gasteiger charge is 2.41. The molecule has 1 saturated heterocycles. The Balaban J connectivity index is 1.45. The van der Waals surface area contributed by atoms with Crippen molar-refractivity contribution >= 4 is 17.3 Å². The van der Waals surface area contributed by atoms with Crippen LogP contribution in [-0.4, -0.2) is 56.6 Å². The van der Waals surface area contributed by atoms with Crippen LogP contribution in [0.15, 0.2) is 33.7 Å². The summed E-state index contributed by atoms with van der Waals surface area (Å²) in [6.07, 6.45) is -5.32. The van der Waals surface area contributed by atoms with E-state index in [1.807, 2.05) is 0 Å². The minimum absolute atomic E-state index is 0.0862. The van der Waals surface area contributed by atoms with Crippen LogP contribution in [-0.2, 0) is 11.3 Å². The molecule has 1 atom stereocenters. The summed E-state index contributed by atoms with van der Waals surface area (Å²) in [5, 5.41) is 16.2. The zero-order valence-corrected chi connectivity index (χ0v) is 17.8. The standard InChI is InChI=1S/C19H18ClF3N6O3/c1-10-14(18(27-32-10)15-3-4-16(20)26-25-15)9-29-17(30)5-12(6-24-29)28-7-13(8-28)31-11(2)19(21,22)23/h3-6,11,13H,7-9H2,1-2H3/t11-/m0/s1. The number of ether oxygens (including phenoxy) is 1. The predicted octanol–water partition coefficient (Wildman–Crippen LogP) is 2.85. The van der Waals surface area contributed by atoms with Gasteiger partial charge in [-0.25, -0.2) is 4.68 Å². The second kappa shape index (κ2) is 8.51. The summed E-state index contributed by atoms with van der Waals surface area (Å²) in [5.74, 6) is 0.496. The first-order chi connectivity index (χ1) is 15.1. The molecule has 13 heteroatoms. The first-order valence-electron chi connectivity index (χ1n) is 9.61. The van der Waals surface area contributed by atoms with E-state index >= 15 is 0 Å². The lowest BCUT2D eigenvalue weighted by molar-refractivity contribution is -0.228. The first kappa shape index (κ1) is 22.2. The van der Waals surface area contributed by atoms with E-state index in [1.54, 1.807) is 24.0 Å². The molecule has 0 radical (unpaired) electrons. The van der Waals surface area contributed by atoms with Gasteiger partial charge in [-0.05, 0) is 26.0 Å². The number of rotatable bonds is 6. The fraction of sp³-hybridized carbons (Fsp3) is 0.421. The van der Waals surface area contributed by atoms with Crippen molar-refractivity contribution in [2.75, 3.05) is 18.0 Å². The van der Waals surface area contributed by atoms with Crippen molar-refractivity contribution in [1.29, 1.82) is 0 Å². The van der Waals surface area contributed by atoms with E-state index < -0.39 is 18.4 Å². The highest BCUT2D eigenvalue weighted by atomic mass is 35.5. The van der Waals surface area contributed by atoms with Gasteiger partial charge in [0.1, 0.15) is 17.1 Å². The second-order valence-corrected chi connectivity index (χ2v) is 7.75. The summed E-state index contributed by atoms with van der Waals surface area (Å²) in [7, 11) is 0. The van der Waals surface area contributed by atoms with Crippen molar-refractivity contribution in [1.82, 2.24) is 25.1 Å². The Labute approximate surface area is 184 Å². The van der Waals surface area contributed by atoms with E-state index in [0.29, 0.717) is 28.4 Å². The third-order valence-corrected chi connectivity index (χ3v) is 5.29. The number of nitrogens with zero attached hydrogens (tertiary/aromatic N) is 6. The lowest BCUT2D eigenvalue weighted by atomic mass is 10.1. The largest absolute Gasteiger partial charge is 0.414 e. The van der Waals surface area contributed by atoms with Crippen LogP contribution in [0.25, 0.3) is 11.4 Å². The van der Waals surface area contributed by atoms with Crippen LogP contribution in [0.1, 0.15) is 18.2 Å². The molecule has 4 rings (SSSR count). The quantitative estimate of drug-likeness (QED) is 0.542. The molecule has 0 aliphatic carbocycles. The molecule has 0 aromatic carbocycles. The lowest BCUT2D eigenvalue weighted by Crippen LogP contribution is -2.55. The molecule has 0 bridgehead atoms. The van der Waals surface area contributed by atoms with Crippen LogP contribution in [0.4, 0.5) is 18.9 Å². The average Bonchev–Trinajstić information content (AvgIpc) is 3.06. The molecular weight excluding hydrogens is 453 g/mol. The number of aryl methyl sites for hydroxylation is 1. The number of hydrogen-bond acceptors (Lipinski definition) is 8. The topological polar surface area (TPSA) is 99.2 Å². The van der Waals surface area contributed by atoms with E-state index in [-0.39, 0.29) is 30.3 Å². The molecule has 1 aliphatic heterocycles. The number of aromatic nitrogens is 5. The molecule has 3 aromatic rings. The molecule has 170 valence electrons. The van der Waals surface area contributed by atoms with Crippen LogP contribution in [0.3, 0.4) is 0 Å². The summed E-state index contributed by atoms with van der Waals surface area (Å²) >= 11 is 5.77. The fourth-order valence-electron chi connectivity index (χ4n) is 3.19. The zero-order chi connectivity index (χ0) is 23.0. The molecule has 9 nitrogen and oxygen atoms in total. The Morgan fingerprint density at radius 1 is 1.31 bits per heavy atom. The molecule has 0 saturated carbocycles. The number of halogens is 4. The SMILES string of the molecule is Cc1onc(-c2ccc(Cl)nn2)c1Cn1ncc(N2CC(O[C@@H](C)C(F)(F)F)C2)cc1=O. The summed E-state index contributed by atoms with van der Waals surface area (Å²) < 4.78 is 49.3. The van der Waals surface area contributed by atoms with Gasteiger partial charge in [-0.3, -0.25) is 4.79 Å². The molecular formula is C19H18ClF3N6O3. The van der Waals surface area contributed by atoms with E-state index in [9.17, 15) is 18.0 Å². The van der Waals surface area contributed by atoms with E-state index in [4.69, 9.17) is 20.9 Å². The fourth-order valence-corrected chi connectivity index (χ4v) is 3.29. The monoisotopic (exact) mass is 470 g/mol. The highest BCUT2D eigenvalue weighted by molar-refractivity contribution is 6.29. The maximum Gasteiger partial charge on any atom is 0.414 e. The first-order valence-corrected chi connectivity index (χ1v) is 9.98.